The lowest BCUT2D eigenvalue weighted by molar-refractivity contribution is 0.401. The van der Waals surface area contributed by atoms with E-state index in [9.17, 15) is 16.8 Å². The van der Waals surface area contributed by atoms with E-state index in [4.69, 9.17) is 0 Å². The van der Waals surface area contributed by atoms with Gasteiger partial charge in [0.15, 0.2) is 5.08 Å². The summed E-state index contributed by atoms with van der Waals surface area (Å²) >= 11 is 0. The average molecular weight is 209 g/mol. The molecule has 0 radical (unpaired) electrons. The second kappa shape index (κ2) is 3.04. The quantitative estimate of drug-likeness (QED) is 0.461. The average Bonchev–Trinajstić information content (AvgIpc) is 1.60. The predicted octanol–water partition coefficient (Wildman–Crippen LogP) is -0.511. The monoisotopic (exact) mass is 208 g/mol. The fraction of sp³-hybridized carbons (Fsp3) is 1.00. The Labute approximate surface area is 63.5 Å². The van der Waals surface area contributed by atoms with Crippen molar-refractivity contribution in [3.63, 3.8) is 0 Å². The Morgan fingerprint density at radius 1 is 1.30 bits per heavy atom. The molecule has 0 fully saturated rings. The normalized spacial score (nSPS) is 13.4. The molecule has 0 spiro atoms. The van der Waals surface area contributed by atoms with E-state index < -0.39 is 24.3 Å². The van der Waals surface area contributed by atoms with Gasteiger partial charge >= 0.3 is 0 Å². The van der Waals surface area contributed by atoms with Gasteiger partial charge in [-0.25, -0.2) is 8.42 Å². The van der Waals surface area contributed by atoms with E-state index in [1.165, 1.54) is 0 Å². The Bertz CT molecular complexity index is 286. The lowest BCUT2D eigenvalue weighted by atomic mass is 11.8. The number of rotatable bonds is 3. The highest BCUT2D eigenvalue weighted by atomic mass is 35.7. The van der Waals surface area contributed by atoms with Gasteiger partial charge in [-0.05, 0) is 0 Å². The highest BCUT2D eigenvalue weighted by molar-refractivity contribution is 8.20. The van der Waals surface area contributed by atoms with E-state index in [1.54, 1.807) is 0 Å². The Hall–Kier alpha value is 0.150. The van der Waals surface area contributed by atoms with Gasteiger partial charge in [0, 0.05) is 10.7 Å². The van der Waals surface area contributed by atoms with Crippen molar-refractivity contribution >= 4 is 29.9 Å². The standard InChI is InChI=1S/C2H5ClO5S2/c1-8-10(6,7)2-9(3,4)5/h2H2,1H3. The Morgan fingerprint density at radius 3 is 1.80 bits per heavy atom. The molecular formula is C2H5ClO5S2. The summed E-state index contributed by atoms with van der Waals surface area (Å²) in [5.41, 5.74) is 0. The highest BCUT2D eigenvalue weighted by Crippen LogP contribution is 2.02. The van der Waals surface area contributed by atoms with Gasteiger partial charge in [-0.15, -0.1) is 0 Å². The van der Waals surface area contributed by atoms with Crippen LogP contribution in [0.1, 0.15) is 0 Å². The summed E-state index contributed by atoms with van der Waals surface area (Å²) in [4.78, 5) is 0. The molecule has 0 saturated heterocycles. The van der Waals surface area contributed by atoms with Crippen LogP contribution in [-0.2, 0) is 23.4 Å². The zero-order valence-corrected chi connectivity index (χ0v) is 7.33. The molecule has 0 amide bonds. The van der Waals surface area contributed by atoms with Crippen LogP contribution in [0.15, 0.2) is 0 Å². The van der Waals surface area contributed by atoms with Crippen molar-refractivity contribution in [2.24, 2.45) is 0 Å². The van der Waals surface area contributed by atoms with Gasteiger partial charge in [0.05, 0.1) is 7.11 Å². The number of hydrogen-bond donors (Lipinski definition) is 0. The van der Waals surface area contributed by atoms with Crippen molar-refractivity contribution in [1.82, 2.24) is 0 Å². The highest BCUT2D eigenvalue weighted by Gasteiger charge is 2.18. The van der Waals surface area contributed by atoms with E-state index in [0.29, 0.717) is 0 Å². The van der Waals surface area contributed by atoms with E-state index in [-0.39, 0.29) is 0 Å². The number of halogens is 1. The first kappa shape index (κ1) is 10.2. The summed E-state index contributed by atoms with van der Waals surface area (Å²) < 4.78 is 44.7. The largest absolute Gasteiger partial charge is 0.282 e. The summed E-state index contributed by atoms with van der Waals surface area (Å²) in [6, 6.07) is 0. The van der Waals surface area contributed by atoms with Crippen LogP contribution < -0.4 is 0 Å². The summed E-state index contributed by atoms with van der Waals surface area (Å²) in [6.45, 7) is 0. The maximum atomic E-state index is 10.3. The van der Waals surface area contributed by atoms with Gasteiger partial charge < -0.3 is 0 Å². The molecule has 0 bridgehead atoms. The molecule has 0 aliphatic heterocycles. The van der Waals surface area contributed by atoms with Gasteiger partial charge in [-0.1, -0.05) is 0 Å². The second-order valence-electron chi connectivity index (χ2n) is 1.38. The van der Waals surface area contributed by atoms with Crippen molar-refractivity contribution in [1.29, 1.82) is 0 Å². The maximum absolute atomic E-state index is 10.3. The first-order chi connectivity index (χ1) is 4.27. The fourth-order valence-corrected chi connectivity index (χ4v) is 2.97. The lowest BCUT2D eigenvalue weighted by Crippen LogP contribution is -2.12. The number of hydrogen-bond acceptors (Lipinski definition) is 5. The van der Waals surface area contributed by atoms with Crippen molar-refractivity contribution in [3.05, 3.63) is 0 Å². The van der Waals surface area contributed by atoms with Crippen molar-refractivity contribution in [2.45, 2.75) is 0 Å². The molecule has 0 rings (SSSR count). The van der Waals surface area contributed by atoms with Crippen LogP contribution >= 0.6 is 10.7 Å². The van der Waals surface area contributed by atoms with Gasteiger partial charge in [0.2, 0.25) is 9.05 Å². The predicted molar refractivity (Wildman–Crippen MR) is 35.6 cm³/mol. The van der Waals surface area contributed by atoms with Crippen LogP contribution in [0.25, 0.3) is 0 Å². The van der Waals surface area contributed by atoms with Gasteiger partial charge in [-0.3, -0.25) is 4.18 Å². The fourth-order valence-electron chi connectivity index (χ4n) is 0.221. The van der Waals surface area contributed by atoms with Crippen LogP contribution in [0.5, 0.6) is 0 Å². The van der Waals surface area contributed by atoms with Crippen LogP contribution in [0.4, 0.5) is 0 Å². The molecule has 62 valence electrons. The minimum atomic E-state index is -4.03. The minimum absolute atomic E-state index is 0.859. The molecule has 0 aromatic heterocycles. The van der Waals surface area contributed by atoms with E-state index in [1.807, 2.05) is 0 Å². The van der Waals surface area contributed by atoms with Crippen molar-refractivity contribution in [2.75, 3.05) is 12.2 Å². The lowest BCUT2D eigenvalue weighted by Gasteiger charge is -1.95. The first-order valence-electron chi connectivity index (χ1n) is 1.97. The van der Waals surface area contributed by atoms with Crippen LogP contribution in [0.2, 0.25) is 0 Å². The maximum Gasteiger partial charge on any atom is 0.282 e. The van der Waals surface area contributed by atoms with Crippen LogP contribution in [0.3, 0.4) is 0 Å². The molecule has 0 aromatic rings. The zero-order valence-electron chi connectivity index (χ0n) is 4.94. The van der Waals surface area contributed by atoms with E-state index in [0.717, 1.165) is 7.11 Å². The molecule has 5 nitrogen and oxygen atoms in total. The topological polar surface area (TPSA) is 77.5 Å². The van der Waals surface area contributed by atoms with E-state index >= 15 is 0 Å². The summed E-state index contributed by atoms with van der Waals surface area (Å²) in [5, 5.41) is -1.20. The third kappa shape index (κ3) is 4.98. The van der Waals surface area contributed by atoms with Crippen molar-refractivity contribution in [3.8, 4) is 0 Å². The molecule has 0 aliphatic carbocycles. The third-order valence-corrected chi connectivity index (χ3v) is 4.13. The molecule has 0 N–H and O–H groups in total. The van der Waals surface area contributed by atoms with E-state index in [2.05, 4.69) is 14.9 Å². The minimum Gasteiger partial charge on any atom is -0.273 e. The Kier molecular flexibility index (Phi) is 3.08. The Balaban J connectivity index is 4.49. The van der Waals surface area contributed by atoms with Gasteiger partial charge in [0.1, 0.15) is 0 Å². The van der Waals surface area contributed by atoms with Gasteiger partial charge in [0.25, 0.3) is 10.1 Å². The van der Waals surface area contributed by atoms with Crippen molar-refractivity contribution < 1.29 is 21.0 Å². The third-order valence-electron chi connectivity index (χ3n) is 0.539. The molecule has 0 saturated carbocycles. The molecule has 0 atom stereocenters. The molecule has 10 heavy (non-hydrogen) atoms. The van der Waals surface area contributed by atoms with Crippen LogP contribution in [-0.4, -0.2) is 29.0 Å². The molecular weight excluding hydrogens is 204 g/mol. The SMILES string of the molecule is COS(=O)(=O)CS(=O)(=O)Cl. The zero-order chi connectivity index (χ0) is 8.41. The molecule has 0 heterocycles. The smallest absolute Gasteiger partial charge is 0.273 e. The molecule has 0 aromatic carbocycles. The Morgan fingerprint density at radius 2 is 1.70 bits per heavy atom. The molecule has 0 unspecified atom stereocenters. The second-order valence-corrected chi connectivity index (χ2v) is 6.26. The summed E-state index contributed by atoms with van der Waals surface area (Å²) in [5.74, 6) is 0. The first-order valence-corrected chi connectivity index (χ1v) is 6.03. The van der Waals surface area contributed by atoms with Crippen LogP contribution in [0, 0.1) is 0 Å². The molecule has 0 aliphatic rings. The summed E-state index contributed by atoms with van der Waals surface area (Å²) in [7, 11) is -2.56. The molecule has 8 heteroatoms. The summed E-state index contributed by atoms with van der Waals surface area (Å²) in [6.07, 6.45) is 0. The van der Waals surface area contributed by atoms with Gasteiger partial charge in [-0.2, -0.15) is 8.42 Å².